The first-order valence-corrected chi connectivity index (χ1v) is 17.0. The van der Waals surface area contributed by atoms with Crippen LogP contribution in [-0.4, -0.2) is 105 Å². The van der Waals surface area contributed by atoms with E-state index in [1.807, 2.05) is 41.3 Å². The number of amides is 2. The van der Waals surface area contributed by atoms with Crippen molar-refractivity contribution in [2.45, 2.75) is 68.8 Å². The number of carbonyl (C=O) groups is 1. The molecule has 16 heteroatoms. The van der Waals surface area contributed by atoms with Crippen molar-refractivity contribution in [2.24, 2.45) is 0 Å². The van der Waals surface area contributed by atoms with Crippen molar-refractivity contribution < 1.29 is 30.3 Å². The van der Waals surface area contributed by atoms with Crippen molar-refractivity contribution in [3.63, 3.8) is 0 Å². The Kier molecular flexibility index (Phi) is 9.99. The van der Waals surface area contributed by atoms with Crippen LogP contribution in [0.25, 0.3) is 11.2 Å². The number of hydrogen-bond acceptors (Lipinski definition) is 12. The summed E-state index contributed by atoms with van der Waals surface area (Å²) in [4.78, 5) is 29.2. The Hall–Kier alpha value is -5.29. The molecule has 1 aliphatic heterocycles. The molecular weight excluding hydrogens is 656 g/mol. The highest BCUT2D eigenvalue weighted by Gasteiger charge is 2.44. The second-order valence-corrected chi connectivity index (χ2v) is 13.2. The van der Waals surface area contributed by atoms with Crippen LogP contribution in [0, 0.1) is 0 Å². The van der Waals surface area contributed by atoms with Crippen molar-refractivity contribution in [3.05, 3.63) is 90.0 Å². The van der Waals surface area contributed by atoms with E-state index in [9.17, 15) is 30.3 Å². The van der Waals surface area contributed by atoms with Crippen molar-refractivity contribution >= 4 is 29.0 Å². The lowest BCUT2D eigenvalue weighted by molar-refractivity contribution is 0.00720. The monoisotopic (exact) mass is 698 g/mol. The SMILES string of the molecule is O=C(NCc1cccc(O)c1)NC1CCN(c2nc(N[C@H](CO)Cc3ccccc3)c3ncn([C@@H]4C[C@H](n5cc(CO)cn5)[C@@H](O)[C@H]4O)c3n2)C1. The number of aromatic hydroxyl groups is 1. The summed E-state index contributed by atoms with van der Waals surface area (Å²) in [6, 6.07) is 14.4. The third kappa shape index (κ3) is 7.44. The van der Waals surface area contributed by atoms with Gasteiger partial charge in [0.15, 0.2) is 17.0 Å². The number of phenolic OH excluding ortho intramolecular Hbond substituents is 1. The van der Waals surface area contributed by atoms with E-state index >= 15 is 0 Å². The topological polar surface area (TPSA) is 219 Å². The minimum atomic E-state index is -1.16. The van der Waals surface area contributed by atoms with Crippen molar-refractivity contribution in [1.82, 2.24) is 39.9 Å². The molecule has 2 aliphatic rings. The van der Waals surface area contributed by atoms with Crippen molar-refractivity contribution in [1.29, 1.82) is 0 Å². The average Bonchev–Trinajstić information content (AvgIpc) is 3.95. The van der Waals surface area contributed by atoms with Gasteiger partial charge >= 0.3 is 6.03 Å². The smallest absolute Gasteiger partial charge is 0.315 e. The van der Waals surface area contributed by atoms with Gasteiger partial charge in [-0.25, -0.2) is 9.78 Å². The van der Waals surface area contributed by atoms with Gasteiger partial charge in [0.2, 0.25) is 5.95 Å². The number of urea groups is 1. The van der Waals surface area contributed by atoms with Crippen molar-refractivity contribution in [2.75, 3.05) is 29.9 Å². The van der Waals surface area contributed by atoms with Gasteiger partial charge in [0, 0.05) is 37.4 Å². The largest absolute Gasteiger partial charge is 0.508 e. The first-order chi connectivity index (χ1) is 24.8. The van der Waals surface area contributed by atoms with Gasteiger partial charge in [0.1, 0.15) is 18.0 Å². The standard InChI is InChI=1S/C35H42N10O6/c46-18-23-15-38-45(16-23)28-13-27(30(49)31(28)50)44-20-37-29-32(39-25(19-47)11-21-5-2-1-3-6-21)41-34(42-33(29)44)43-10-9-24(17-43)40-35(51)36-14-22-7-4-8-26(48)12-22/h1-8,12,15-16,20,24-25,27-28,30-31,46-50H,9-11,13-14,17-19H2,(H2,36,40,51)(H,39,41,42)/t24?,25-,27+,28-,30-,31+/m0/s1. The van der Waals surface area contributed by atoms with Crippen LogP contribution in [0.5, 0.6) is 5.75 Å². The van der Waals surface area contributed by atoms with Crippen LogP contribution in [0.4, 0.5) is 16.6 Å². The molecule has 51 heavy (non-hydrogen) atoms. The fourth-order valence-electron chi connectivity index (χ4n) is 6.95. The molecule has 1 saturated heterocycles. The van der Waals surface area contributed by atoms with Gasteiger partial charge in [-0.05, 0) is 42.5 Å². The van der Waals surface area contributed by atoms with E-state index < -0.39 is 30.3 Å². The van der Waals surface area contributed by atoms with Gasteiger partial charge in [0.05, 0.1) is 43.9 Å². The lowest BCUT2D eigenvalue weighted by Crippen LogP contribution is -2.43. The number of nitrogens with zero attached hydrogens (tertiary/aromatic N) is 7. The van der Waals surface area contributed by atoms with Crippen LogP contribution in [0.1, 0.15) is 41.6 Å². The van der Waals surface area contributed by atoms with Crippen LogP contribution in [0.15, 0.2) is 73.3 Å². The number of aliphatic hydroxyl groups is 4. The van der Waals surface area contributed by atoms with Crippen LogP contribution >= 0.6 is 0 Å². The second kappa shape index (κ2) is 14.9. The minimum Gasteiger partial charge on any atom is -0.508 e. The molecule has 0 spiro atoms. The number of aliphatic hydroxyl groups excluding tert-OH is 4. The second-order valence-electron chi connectivity index (χ2n) is 13.2. The third-order valence-electron chi connectivity index (χ3n) is 9.62. The number of phenols is 1. The molecular formula is C35H42N10O6. The predicted octanol–water partition coefficient (Wildman–Crippen LogP) is 1.22. The normalized spacial score (nSPS) is 22.4. The molecule has 1 saturated carbocycles. The lowest BCUT2D eigenvalue weighted by Gasteiger charge is -2.22. The molecule has 2 fully saturated rings. The molecule has 2 aromatic carbocycles. The van der Waals surface area contributed by atoms with Crippen LogP contribution < -0.4 is 20.9 Å². The first-order valence-electron chi connectivity index (χ1n) is 17.0. The van der Waals surface area contributed by atoms with Crippen LogP contribution in [0.3, 0.4) is 0 Å². The summed E-state index contributed by atoms with van der Waals surface area (Å²) in [6.07, 6.45) is 3.97. The van der Waals surface area contributed by atoms with Gasteiger partial charge in [-0.15, -0.1) is 0 Å². The number of fused-ring (bicyclic) bond motifs is 1. The minimum absolute atomic E-state index is 0.131. The number of hydrogen-bond donors (Lipinski definition) is 8. The van der Waals surface area contributed by atoms with E-state index in [1.54, 1.807) is 40.0 Å². The molecule has 7 rings (SSSR count). The summed E-state index contributed by atoms with van der Waals surface area (Å²) in [5.41, 5.74) is 3.29. The maximum atomic E-state index is 12.8. The zero-order chi connectivity index (χ0) is 35.5. The molecule has 1 aliphatic carbocycles. The van der Waals surface area contributed by atoms with E-state index in [1.165, 1.54) is 6.20 Å². The highest BCUT2D eigenvalue weighted by Crippen LogP contribution is 2.40. The Labute approximate surface area is 293 Å². The van der Waals surface area contributed by atoms with Crippen LogP contribution in [0.2, 0.25) is 0 Å². The number of aromatic nitrogens is 6. The summed E-state index contributed by atoms with van der Waals surface area (Å²) < 4.78 is 3.32. The maximum absolute atomic E-state index is 12.8. The Bertz CT molecular complexity index is 1950. The van der Waals surface area contributed by atoms with Crippen LogP contribution in [-0.2, 0) is 19.6 Å². The number of benzene rings is 2. The highest BCUT2D eigenvalue weighted by molar-refractivity contribution is 5.85. The zero-order valence-electron chi connectivity index (χ0n) is 27.8. The van der Waals surface area contributed by atoms with Gasteiger partial charge < -0.3 is 51.0 Å². The van der Waals surface area contributed by atoms with Crippen molar-refractivity contribution in [3.8, 4) is 5.75 Å². The van der Waals surface area contributed by atoms with E-state index in [0.717, 1.165) is 11.1 Å². The molecule has 268 valence electrons. The van der Waals surface area contributed by atoms with Gasteiger partial charge in [0.25, 0.3) is 0 Å². The Morgan fingerprint density at radius 2 is 1.78 bits per heavy atom. The molecule has 8 N–H and O–H groups in total. The van der Waals surface area contributed by atoms with E-state index in [2.05, 4.69) is 26.0 Å². The Morgan fingerprint density at radius 1 is 0.980 bits per heavy atom. The Balaban J connectivity index is 1.14. The highest BCUT2D eigenvalue weighted by atomic mass is 16.3. The number of nitrogens with one attached hydrogen (secondary N) is 3. The summed E-state index contributed by atoms with van der Waals surface area (Å²) in [5.74, 6) is 0.928. The van der Waals surface area contributed by atoms with Gasteiger partial charge in [-0.2, -0.15) is 15.1 Å². The quantitative estimate of drug-likeness (QED) is 0.0923. The molecule has 6 atom stereocenters. The molecule has 5 aromatic rings. The molecule has 2 amide bonds. The molecule has 16 nitrogen and oxygen atoms in total. The number of rotatable bonds is 12. The number of carbonyl (C=O) groups excluding carboxylic acids is 1. The molecule has 3 aromatic heterocycles. The number of anilines is 2. The van der Waals surface area contributed by atoms with E-state index in [4.69, 9.17) is 9.97 Å². The molecule has 0 radical (unpaired) electrons. The number of imidazole rings is 1. The maximum Gasteiger partial charge on any atom is 0.315 e. The summed E-state index contributed by atoms with van der Waals surface area (Å²) in [6.45, 7) is 0.899. The third-order valence-corrected chi connectivity index (χ3v) is 9.62. The Morgan fingerprint density at radius 3 is 2.55 bits per heavy atom. The fraction of sp³-hybridized carbons (Fsp3) is 0.400. The summed E-state index contributed by atoms with van der Waals surface area (Å²) in [5, 5.41) is 65.5. The molecule has 1 unspecified atom stereocenters. The first kappa shape index (κ1) is 34.2. The van der Waals surface area contributed by atoms with E-state index in [-0.39, 0.29) is 37.6 Å². The molecule has 4 heterocycles. The predicted molar refractivity (Wildman–Crippen MR) is 187 cm³/mol. The molecule has 0 bridgehead atoms. The zero-order valence-corrected chi connectivity index (χ0v) is 27.8. The lowest BCUT2D eigenvalue weighted by atomic mass is 10.1. The van der Waals surface area contributed by atoms with E-state index in [0.29, 0.717) is 60.8 Å². The summed E-state index contributed by atoms with van der Waals surface area (Å²) >= 11 is 0. The fourth-order valence-corrected chi connectivity index (χ4v) is 6.95. The average molecular weight is 699 g/mol. The van der Waals surface area contributed by atoms with Gasteiger partial charge in [-0.1, -0.05) is 42.5 Å². The summed E-state index contributed by atoms with van der Waals surface area (Å²) in [7, 11) is 0. The van der Waals surface area contributed by atoms with Gasteiger partial charge in [-0.3, -0.25) is 4.68 Å².